The molecule has 1 amide bonds. The van der Waals surface area contributed by atoms with E-state index < -0.39 is 0 Å². The predicted octanol–water partition coefficient (Wildman–Crippen LogP) is 7.42. The number of oxazole rings is 1. The lowest BCUT2D eigenvalue weighted by Gasteiger charge is -2.09. The number of carbonyl (C=O) groups excluding carboxylic acids is 1. The Morgan fingerprint density at radius 3 is 2.56 bits per heavy atom. The lowest BCUT2D eigenvalue weighted by Crippen LogP contribution is -2.11. The van der Waals surface area contributed by atoms with Gasteiger partial charge in [-0.2, -0.15) is 0 Å². The van der Waals surface area contributed by atoms with E-state index in [1.807, 2.05) is 37.3 Å². The number of nitrogens with one attached hydrogen (secondary N) is 1. The lowest BCUT2D eigenvalue weighted by atomic mass is 9.98. The molecule has 3 aromatic carbocycles. The molecule has 1 N–H and O–H groups in total. The van der Waals surface area contributed by atoms with Gasteiger partial charge in [-0.25, -0.2) is 4.98 Å². The van der Waals surface area contributed by atoms with E-state index in [4.69, 9.17) is 9.15 Å². The minimum Gasteiger partial charge on any atom is -0.493 e. The van der Waals surface area contributed by atoms with Crippen LogP contribution < -0.4 is 10.1 Å². The maximum absolute atomic E-state index is 12.6. The third kappa shape index (κ3) is 4.70. The monoisotopic (exact) mass is 492 g/mol. The van der Waals surface area contributed by atoms with Crippen molar-refractivity contribution in [3.05, 3.63) is 76.3 Å². The van der Waals surface area contributed by atoms with Crippen molar-refractivity contribution >= 4 is 38.6 Å². The molecule has 0 aliphatic heterocycles. The molecule has 0 spiro atoms. The maximum atomic E-state index is 12.6. The van der Waals surface area contributed by atoms with Crippen LogP contribution in [-0.4, -0.2) is 17.5 Å². The smallest absolute Gasteiger partial charge is 0.255 e. The van der Waals surface area contributed by atoms with Crippen molar-refractivity contribution in [2.24, 2.45) is 0 Å². The van der Waals surface area contributed by atoms with Crippen LogP contribution in [0.5, 0.6) is 5.75 Å². The number of carbonyl (C=O) groups is 1. The molecule has 1 heterocycles. The van der Waals surface area contributed by atoms with Gasteiger partial charge in [0.2, 0.25) is 5.89 Å². The third-order valence-electron chi connectivity index (χ3n) is 5.48. The number of ether oxygens (including phenoxy) is 1. The minimum atomic E-state index is -0.194. The van der Waals surface area contributed by atoms with Gasteiger partial charge in [0.1, 0.15) is 11.3 Å². The van der Waals surface area contributed by atoms with E-state index in [0.717, 1.165) is 27.6 Å². The van der Waals surface area contributed by atoms with Crippen LogP contribution in [0.3, 0.4) is 0 Å². The summed E-state index contributed by atoms with van der Waals surface area (Å²) in [5.74, 6) is 1.57. The van der Waals surface area contributed by atoms with Gasteiger partial charge in [-0.15, -0.1) is 0 Å². The first kappa shape index (κ1) is 22.1. The number of anilines is 1. The second-order valence-corrected chi connectivity index (χ2v) is 8.52. The van der Waals surface area contributed by atoms with E-state index in [1.165, 1.54) is 5.56 Å². The average Bonchev–Trinajstić information content (AvgIpc) is 3.23. The van der Waals surface area contributed by atoms with Crippen molar-refractivity contribution in [1.29, 1.82) is 0 Å². The van der Waals surface area contributed by atoms with Crippen LogP contribution in [0.2, 0.25) is 0 Å². The Labute approximate surface area is 195 Å². The van der Waals surface area contributed by atoms with E-state index in [1.54, 1.807) is 18.2 Å². The van der Waals surface area contributed by atoms with Crippen LogP contribution in [0.1, 0.15) is 49.0 Å². The summed E-state index contributed by atoms with van der Waals surface area (Å²) in [5.41, 5.74) is 4.98. The Bertz CT molecular complexity index is 1250. The fraction of sp³-hybridized carbons (Fsp3) is 0.231. The molecule has 0 aliphatic carbocycles. The molecular formula is C26H25BrN2O3. The number of hydrogen-bond acceptors (Lipinski definition) is 4. The van der Waals surface area contributed by atoms with Gasteiger partial charge in [0, 0.05) is 16.8 Å². The summed E-state index contributed by atoms with van der Waals surface area (Å²) >= 11 is 3.45. The highest BCUT2D eigenvalue weighted by atomic mass is 79.9. The highest BCUT2D eigenvalue weighted by Gasteiger charge is 2.13. The number of aromatic nitrogens is 1. The van der Waals surface area contributed by atoms with Gasteiger partial charge in [-0.05, 0) is 95.4 Å². The number of nitrogens with zero attached hydrogens (tertiary/aromatic N) is 1. The molecule has 0 aliphatic rings. The van der Waals surface area contributed by atoms with E-state index in [9.17, 15) is 4.79 Å². The Morgan fingerprint density at radius 2 is 1.88 bits per heavy atom. The molecule has 0 saturated carbocycles. The number of benzene rings is 3. The molecule has 4 aromatic rings. The molecular weight excluding hydrogens is 468 g/mol. The number of rotatable bonds is 7. The van der Waals surface area contributed by atoms with Crippen LogP contribution in [-0.2, 0) is 0 Å². The first-order valence-electron chi connectivity index (χ1n) is 10.7. The van der Waals surface area contributed by atoms with Gasteiger partial charge < -0.3 is 14.5 Å². The van der Waals surface area contributed by atoms with E-state index in [0.29, 0.717) is 35.4 Å². The van der Waals surface area contributed by atoms with E-state index in [-0.39, 0.29) is 5.91 Å². The summed E-state index contributed by atoms with van der Waals surface area (Å²) < 4.78 is 12.2. The van der Waals surface area contributed by atoms with Gasteiger partial charge in [-0.1, -0.05) is 19.9 Å². The lowest BCUT2D eigenvalue weighted by molar-refractivity contribution is 0.102. The summed E-state index contributed by atoms with van der Waals surface area (Å²) in [6, 6.07) is 18.9. The maximum Gasteiger partial charge on any atom is 0.255 e. The Morgan fingerprint density at radius 1 is 1.09 bits per heavy atom. The Balaban J connectivity index is 1.49. The van der Waals surface area contributed by atoms with Gasteiger partial charge in [0.25, 0.3) is 5.91 Å². The molecule has 0 bridgehead atoms. The van der Waals surface area contributed by atoms with Crippen molar-refractivity contribution in [1.82, 2.24) is 4.98 Å². The molecule has 4 rings (SSSR count). The zero-order valence-electron chi connectivity index (χ0n) is 18.3. The molecule has 0 fully saturated rings. The van der Waals surface area contributed by atoms with Gasteiger partial charge in [0.05, 0.1) is 11.1 Å². The van der Waals surface area contributed by atoms with Crippen LogP contribution in [0, 0.1) is 0 Å². The zero-order valence-corrected chi connectivity index (χ0v) is 19.9. The molecule has 1 atom stereocenters. The number of halogens is 1. The van der Waals surface area contributed by atoms with E-state index >= 15 is 0 Å². The molecule has 0 saturated heterocycles. The van der Waals surface area contributed by atoms with Crippen LogP contribution in [0.15, 0.2) is 69.6 Å². The second kappa shape index (κ2) is 9.57. The second-order valence-electron chi connectivity index (χ2n) is 7.67. The number of hydrogen-bond donors (Lipinski definition) is 1. The van der Waals surface area contributed by atoms with Crippen LogP contribution in [0.25, 0.3) is 22.6 Å². The summed E-state index contributed by atoms with van der Waals surface area (Å²) in [6.45, 7) is 6.87. The summed E-state index contributed by atoms with van der Waals surface area (Å²) in [7, 11) is 0. The van der Waals surface area contributed by atoms with Crippen LogP contribution >= 0.6 is 15.9 Å². The SMILES string of the molecule is CCOc1ccc(C(=O)Nc2ccc(-c3nc4cc([C@@H](C)CC)ccc4o3)cc2)cc1Br. The summed E-state index contributed by atoms with van der Waals surface area (Å²) in [4.78, 5) is 17.3. The molecule has 5 nitrogen and oxygen atoms in total. The van der Waals surface area contributed by atoms with Crippen molar-refractivity contribution in [2.75, 3.05) is 11.9 Å². The predicted molar refractivity (Wildman–Crippen MR) is 131 cm³/mol. The molecule has 0 unspecified atom stereocenters. The summed E-state index contributed by atoms with van der Waals surface area (Å²) in [6.07, 6.45) is 1.08. The van der Waals surface area contributed by atoms with Crippen molar-refractivity contribution < 1.29 is 13.9 Å². The fourth-order valence-corrected chi connectivity index (χ4v) is 3.92. The largest absolute Gasteiger partial charge is 0.493 e. The number of fused-ring (bicyclic) bond motifs is 1. The molecule has 164 valence electrons. The topological polar surface area (TPSA) is 64.4 Å². The normalized spacial score (nSPS) is 12.0. The zero-order chi connectivity index (χ0) is 22.7. The first-order chi connectivity index (χ1) is 15.5. The highest BCUT2D eigenvalue weighted by molar-refractivity contribution is 9.10. The molecule has 1 aromatic heterocycles. The molecule has 6 heteroatoms. The summed E-state index contributed by atoms with van der Waals surface area (Å²) in [5, 5.41) is 2.92. The van der Waals surface area contributed by atoms with Crippen molar-refractivity contribution in [3.8, 4) is 17.2 Å². The van der Waals surface area contributed by atoms with Crippen molar-refractivity contribution in [3.63, 3.8) is 0 Å². The fourth-order valence-electron chi connectivity index (χ4n) is 3.42. The van der Waals surface area contributed by atoms with Gasteiger partial charge in [-0.3, -0.25) is 4.79 Å². The van der Waals surface area contributed by atoms with Gasteiger partial charge in [0.15, 0.2) is 5.58 Å². The van der Waals surface area contributed by atoms with Crippen LogP contribution in [0.4, 0.5) is 5.69 Å². The standard InChI is InChI=1S/C26H25BrN2O3/c1-4-16(3)18-8-13-24-22(15-18)29-26(32-24)17-6-10-20(11-7-17)28-25(30)19-9-12-23(31-5-2)21(27)14-19/h6-16H,4-5H2,1-3H3,(H,28,30)/t16-/m0/s1. The quantitative estimate of drug-likeness (QED) is 0.291. The van der Waals surface area contributed by atoms with E-state index in [2.05, 4.69) is 52.2 Å². The minimum absolute atomic E-state index is 0.194. The number of amides is 1. The molecule has 32 heavy (non-hydrogen) atoms. The first-order valence-corrected chi connectivity index (χ1v) is 11.5. The Hall–Kier alpha value is -3.12. The van der Waals surface area contributed by atoms with Crippen molar-refractivity contribution in [2.45, 2.75) is 33.1 Å². The Kier molecular flexibility index (Phi) is 6.61. The van der Waals surface area contributed by atoms with Gasteiger partial charge >= 0.3 is 0 Å². The third-order valence-corrected chi connectivity index (χ3v) is 6.10. The average molecular weight is 493 g/mol. The highest BCUT2D eigenvalue weighted by Crippen LogP contribution is 2.29. The molecule has 0 radical (unpaired) electrons.